The number of quaternary nitrogens is 1. The van der Waals surface area contributed by atoms with Crippen LogP contribution >= 0.6 is 12.2 Å². The molecule has 1 fully saturated rings. The molecule has 0 aliphatic carbocycles. The van der Waals surface area contributed by atoms with Crippen molar-refractivity contribution in [3.8, 4) is 5.75 Å². The number of nitrogens with one attached hydrogen (secondary N) is 2. The van der Waals surface area contributed by atoms with Gasteiger partial charge in [0.05, 0.1) is 26.2 Å². The summed E-state index contributed by atoms with van der Waals surface area (Å²) in [5, 5.41) is 4.15. The molecule has 1 atom stereocenters. The summed E-state index contributed by atoms with van der Waals surface area (Å²) in [6.45, 7) is 6.66. The zero-order valence-corrected chi connectivity index (χ0v) is 14.9. The molecular formula is C17H28N3OS+. The van der Waals surface area contributed by atoms with E-state index in [0.717, 1.165) is 35.7 Å². The van der Waals surface area contributed by atoms with Crippen molar-refractivity contribution in [2.45, 2.75) is 38.8 Å². The molecular weight excluding hydrogens is 294 g/mol. The number of methoxy groups -OCH3 is 1. The number of likely N-dealkylation sites (tertiary alicyclic amines) is 1. The molecule has 2 rings (SSSR count). The number of ether oxygens (including phenoxy) is 1. The molecule has 0 amide bonds. The molecule has 1 aromatic rings. The summed E-state index contributed by atoms with van der Waals surface area (Å²) in [4.78, 5) is 3.91. The molecule has 4 nitrogen and oxygen atoms in total. The molecule has 0 saturated carbocycles. The van der Waals surface area contributed by atoms with E-state index in [9.17, 15) is 0 Å². The minimum absolute atomic E-state index is 0.681. The Labute approximate surface area is 139 Å². The summed E-state index contributed by atoms with van der Waals surface area (Å²) < 4.78 is 5.17. The van der Waals surface area contributed by atoms with Crippen LogP contribution in [0.1, 0.15) is 26.7 Å². The highest BCUT2D eigenvalue weighted by molar-refractivity contribution is 7.80. The van der Waals surface area contributed by atoms with E-state index < -0.39 is 0 Å². The minimum Gasteiger partial charge on any atom is -0.497 e. The average Bonchev–Trinajstić information content (AvgIpc) is 2.55. The van der Waals surface area contributed by atoms with Gasteiger partial charge in [-0.05, 0) is 50.3 Å². The molecule has 1 saturated heterocycles. The number of thiocarbonyl (C=S) groups is 1. The molecule has 0 radical (unpaired) electrons. The van der Waals surface area contributed by atoms with Crippen molar-refractivity contribution in [2.75, 3.05) is 32.6 Å². The molecule has 122 valence electrons. The third-order valence-corrected chi connectivity index (χ3v) is 5.04. The van der Waals surface area contributed by atoms with Crippen molar-refractivity contribution in [2.24, 2.45) is 0 Å². The van der Waals surface area contributed by atoms with Crippen LogP contribution < -0.4 is 15.0 Å². The summed E-state index contributed by atoms with van der Waals surface area (Å²) in [5.41, 5.74) is 1.01. The number of nitrogens with zero attached hydrogens (tertiary/aromatic N) is 1. The maximum absolute atomic E-state index is 5.55. The Kier molecular flexibility index (Phi) is 6.03. The largest absolute Gasteiger partial charge is 0.497 e. The average molecular weight is 322 g/mol. The monoisotopic (exact) mass is 322 g/mol. The van der Waals surface area contributed by atoms with Crippen LogP contribution in [0.25, 0.3) is 0 Å². The topological polar surface area (TPSA) is 28.9 Å². The van der Waals surface area contributed by atoms with Gasteiger partial charge >= 0.3 is 0 Å². The number of rotatable bonds is 4. The lowest BCUT2D eigenvalue weighted by Gasteiger charge is -2.37. The second-order valence-corrected chi connectivity index (χ2v) is 6.71. The number of hydrogen-bond acceptors (Lipinski definition) is 2. The van der Waals surface area contributed by atoms with Gasteiger partial charge in [0, 0.05) is 31.6 Å². The van der Waals surface area contributed by atoms with E-state index in [-0.39, 0.29) is 0 Å². The van der Waals surface area contributed by atoms with Gasteiger partial charge in [-0.3, -0.25) is 0 Å². The van der Waals surface area contributed by atoms with Gasteiger partial charge in [0.1, 0.15) is 5.75 Å². The van der Waals surface area contributed by atoms with E-state index in [0.29, 0.717) is 6.04 Å². The molecule has 1 unspecified atom stereocenters. The van der Waals surface area contributed by atoms with Gasteiger partial charge in [-0.15, -0.1) is 0 Å². The zero-order chi connectivity index (χ0) is 16.1. The molecule has 1 aliphatic rings. The van der Waals surface area contributed by atoms with Crippen LogP contribution in [0.15, 0.2) is 24.3 Å². The Bertz CT molecular complexity index is 481. The maximum Gasteiger partial charge on any atom is 0.173 e. The molecule has 0 spiro atoms. The predicted molar refractivity (Wildman–Crippen MR) is 95.8 cm³/mol. The van der Waals surface area contributed by atoms with Crippen molar-refractivity contribution < 1.29 is 9.64 Å². The van der Waals surface area contributed by atoms with E-state index >= 15 is 0 Å². The summed E-state index contributed by atoms with van der Waals surface area (Å²) >= 11 is 5.55. The van der Waals surface area contributed by atoms with E-state index in [2.05, 4.69) is 31.1 Å². The Morgan fingerprint density at radius 1 is 1.27 bits per heavy atom. The highest BCUT2D eigenvalue weighted by Gasteiger charge is 2.27. The van der Waals surface area contributed by atoms with Crippen LogP contribution in [0.2, 0.25) is 0 Å². The molecule has 0 aromatic heterocycles. The van der Waals surface area contributed by atoms with E-state index in [1.165, 1.54) is 12.8 Å². The standard InChI is InChI=1S/C17H27N3OS/c1-13(2)19(3)15-9-11-20(12-10-15)17(22)18-14-5-7-16(21-4)8-6-14/h5-8,13,15H,9-12H2,1-4H3,(H,18,22)/p+1. The maximum atomic E-state index is 5.55. The lowest BCUT2D eigenvalue weighted by Crippen LogP contribution is -3.16. The first kappa shape index (κ1) is 17.0. The second-order valence-electron chi connectivity index (χ2n) is 6.32. The number of hydrogen-bond donors (Lipinski definition) is 2. The van der Waals surface area contributed by atoms with Crippen molar-refractivity contribution in [3.63, 3.8) is 0 Å². The summed E-state index contributed by atoms with van der Waals surface area (Å²) in [5.74, 6) is 0.858. The van der Waals surface area contributed by atoms with Crippen LogP contribution in [0.3, 0.4) is 0 Å². The van der Waals surface area contributed by atoms with E-state index in [4.69, 9.17) is 17.0 Å². The quantitative estimate of drug-likeness (QED) is 0.827. The minimum atomic E-state index is 0.681. The first-order valence-corrected chi connectivity index (χ1v) is 8.45. The van der Waals surface area contributed by atoms with Gasteiger partial charge in [-0.2, -0.15) is 0 Å². The fourth-order valence-corrected chi connectivity index (χ4v) is 3.19. The van der Waals surface area contributed by atoms with Crippen LogP contribution in [0.5, 0.6) is 5.75 Å². The Morgan fingerprint density at radius 3 is 2.36 bits per heavy atom. The van der Waals surface area contributed by atoms with Crippen molar-refractivity contribution in [1.29, 1.82) is 0 Å². The summed E-state index contributed by atoms with van der Waals surface area (Å²) in [6.07, 6.45) is 2.41. The Hall–Kier alpha value is -1.33. The fraction of sp³-hybridized carbons (Fsp3) is 0.588. The van der Waals surface area contributed by atoms with Gasteiger partial charge in [-0.25, -0.2) is 0 Å². The first-order chi connectivity index (χ1) is 10.5. The molecule has 5 heteroatoms. The SMILES string of the molecule is COc1ccc(NC(=S)N2CCC([NH+](C)C(C)C)CC2)cc1. The third kappa shape index (κ3) is 4.34. The zero-order valence-electron chi connectivity index (χ0n) is 14.1. The van der Waals surface area contributed by atoms with Gasteiger partial charge in [-0.1, -0.05) is 0 Å². The van der Waals surface area contributed by atoms with Gasteiger partial charge < -0.3 is 19.9 Å². The third-order valence-electron chi connectivity index (χ3n) is 4.68. The Morgan fingerprint density at radius 2 is 1.86 bits per heavy atom. The van der Waals surface area contributed by atoms with Crippen molar-refractivity contribution in [1.82, 2.24) is 4.90 Å². The van der Waals surface area contributed by atoms with Crippen LogP contribution in [-0.4, -0.2) is 49.3 Å². The number of benzene rings is 1. The van der Waals surface area contributed by atoms with Gasteiger partial charge in [0.15, 0.2) is 5.11 Å². The van der Waals surface area contributed by atoms with Crippen molar-refractivity contribution in [3.05, 3.63) is 24.3 Å². The van der Waals surface area contributed by atoms with Crippen LogP contribution in [0.4, 0.5) is 5.69 Å². The van der Waals surface area contributed by atoms with E-state index in [1.54, 1.807) is 12.0 Å². The molecule has 1 aromatic carbocycles. The Balaban J connectivity index is 1.84. The fourth-order valence-electron chi connectivity index (χ4n) is 2.89. The van der Waals surface area contributed by atoms with Gasteiger partial charge in [0.2, 0.25) is 0 Å². The lowest BCUT2D eigenvalue weighted by atomic mass is 10.0. The normalized spacial score (nSPS) is 17.4. The number of piperidine rings is 1. The molecule has 1 aliphatic heterocycles. The molecule has 1 heterocycles. The summed E-state index contributed by atoms with van der Waals surface area (Å²) in [6, 6.07) is 9.31. The highest BCUT2D eigenvalue weighted by Crippen LogP contribution is 2.16. The van der Waals surface area contributed by atoms with Gasteiger partial charge in [0.25, 0.3) is 0 Å². The lowest BCUT2D eigenvalue weighted by molar-refractivity contribution is -0.928. The van der Waals surface area contributed by atoms with E-state index in [1.807, 2.05) is 24.3 Å². The molecule has 0 bridgehead atoms. The first-order valence-electron chi connectivity index (χ1n) is 8.04. The molecule has 22 heavy (non-hydrogen) atoms. The van der Waals surface area contributed by atoms with Crippen molar-refractivity contribution >= 4 is 23.0 Å². The number of anilines is 1. The van der Waals surface area contributed by atoms with Crippen LogP contribution in [-0.2, 0) is 0 Å². The van der Waals surface area contributed by atoms with Crippen LogP contribution in [0, 0.1) is 0 Å². The molecule has 2 N–H and O–H groups in total. The summed E-state index contributed by atoms with van der Waals surface area (Å²) in [7, 11) is 3.98. The smallest absolute Gasteiger partial charge is 0.173 e. The second kappa shape index (κ2) is 7.79. The predicted octanol–water partition coefficient (Wildman–Crippen LogP) is 1.78. The highest BCUT2D eigenvalue weighted by atomic mass is 32.1.